The normalized spacial score (nSPS) is 16.7. The number of hydrogen-bond acceptors (Lipinski definition) is 4. The fraction of sp³-hybridized carbons (Fsp3) is 0.737. The fourth-order valence-electron chi connectivity index (χ4n) is 2.54. The molecule has 24 heavy (non-hydrogen) atoms. The van der Waals surface area contributed by atoms with Gasteiger partial charge in [-0.3, -0.25) is 19.7 Å². The molecule has 0 aromatic heterocycles. The average molecular weight is 354 g/mol. The summed E-state index contributed by atoms with van der Waals surface area (Å²) in [4.78, 5) is 34.9. The number of carbonyl (C=O) groups excluding carboxylic acids is 3. The Balaban J connectivity index is 1.96. The second-order valence-corrected chi connectivity index (χ2v) is 8.10. The van der Waals surface area contributed by atoms with Crippen LogP contribution in [-0.4, -0.2) is 16.9 Å². The van der Waals surface area contributed by atoms with E-state index in [9.17, 15) is 14.4 Å². The molecule has 5 heteroatoms. The van der Waals surface area contributed by atoms with Gasteiger partial charge in [0.1, 0.15) is 5.78 Å². The summed E-state index contributed by atoms with van der Waals surface area (Å²) in [6.45, 7) is 6.14. The predicted molar refractivity (Wildman–Crippen MR) is 99.8 cm³/mol. The van der Waals surface area contributed by atoms with Crippen LogP contribution in [0.1, 0.15) is 85.0 Å². The molecule has 0 atom stereocenters. The average Bonchev–Trinajstić information content (AvgIpc) is 2.86. The Morgan fingerprint density at radius 1 is 1.04 bits per heavy atom. The second-order valence-electron chi connectivity index (χ2n) is 7.09. The summed E-state index contributed by atoms with van der Waals surface area (Å²) in [6, 6.07) is 0. The number of carbonyl (C=O) groups is 3. The Hall–Kier alpha value is -1.10. The van der Waals surface area contributed by atoms with E-state index in [0.717, 1.165) is 50.3 Å². The maximum Gasteiger partial charge on any atom is 0.290 e. The molecule has 0 saturated carbocycles. The van der Waals surface area contributed by atoms with E-state index in [0.29, 0.717) is 17.1 Å². The third-order valence-corrected chi connectivity index (χ3v) is 5.58. The summed E-state index contributed by atoms with van der Waals surface area (Å²) >= 11 is 0.991. The van der Waals surface area contributed by atoms with Crippen molar-refractivity contribution in [2.24, 2.45) is 5.41 Å². The zero-order chi connectivity index (χ0) is 18.0. The highest BCUT2D eigenvalue weighted by molar-refractivity contribution is 8.18. The van der Waals surface area contributed by atoms with Crippen molar-refractivity contribution in [2.75, 3.05) is 0 Å². The number of imide groups is 1. The molecule has 136 valence electrons. The minimum absolute atomic E-state index is 0.159. The van der Waals surface area contributed by atoms with Crippen molar-refractivity contribution in [3.63, 3.8) is 0 Å². The summed E-state index contributed by atoms with van der Waals surface area (Å²) in [6.07, 6.45) is 12.3. The molecule has 0 bridgehead atoms. The Morgan fingerprint density at radius 2 is 1.62 bits per heavy atom. The molecule has 4 nitrogen and oxygen atoms in total. The van der Waals surface area contributed by atoms with E-state index in [1.54, 1.807) is 0 Å². The van der Waals surface area contributed by atoms with Crippen molar-refractivity contribution in [1.29, 1.82) is 0 Å². The first kappa shape index (κ1) is 20.9. The zero-order valence-corrected chi connectivity index (χ0v) is 16.1. The second kappa shape index (κ2) is 10.7. The molecular formula is C19H31NO3S. The molecule has 1 aliphatic heterocycles. The van der Waals surface area contributed by atoms with Crippen LogP contribution in [0, 0.1) is 5.41 Å². The van der Waals surface area contributed by atoms with E-state index < -0.39 is 0 Å². The zero-order valence-electron chi connectivity index (χ0n) is 15.3. The number of ketones is 1. The van der Waals surface area contributed by atoms with Crippen molar-refractivity contribution in [3.8, 4) is 0 Å². The first-order valence-electron chi connectivity index (χ1n) is 9.13. The van der Waals surface area contributed by atoms with Crippen LogP contribution in [0.4, 0.5) is 4.79 Å². The lowest BCUT2D eigenvalue weighted by Gasteiger charge is -2.20. The van der Waals surface area contributed by atoms with Gasteiger partial charge in [-0.1, -0.05) is 59.0 Å². The largest absolute Gasteiger partial charge is 0.299 e. The molecule has 0 unspecified atom stereocenters. The standard InChI is InChI=1S/C19H31NO3S/c1-4-19(2,3)16(21)14-12-10-8-6-5-7-9-11-13-15-17(22)20-18(23)24-15/h13H,4-12,14H2,1-3H3,(H,20,22,23)/b15-13-. The van der Waals surface area contributed by atoms with Crippen LogP contribution >= 0.6 is 11.8 Å². The molecule has 1 heterocycles. The van der Waals surface area contributed by atoms with Crippen LogP contribution in [0.2, 0.25) is 0 Å². The predicted octanol–water partition coefficient (Wildman–Crippen LogP) is 5.37. The van der Waals surface area contributed by atoms with Crippen LogP contribution < -0.4 is 5.32 Å². The van der Waals surface area contributed by atoms with Gasteiger partial charge in [0.15, 0.2) is 0 Å². The highest BCUT2D eigenvalue weighted by Gasteiger charge is 2.24. The van der Waals surface area contributed by atoms with Gasteiger partial charge in [0, 0.05) is 11.8 Å². The monoisotopic (exact) mass is 353 g/mol. The molecule has 0 aromatic carbocycles. The van der Waals surface area contributed by atoms with Gasteiger partial charge >= 0.3 is 0 Å². The van der Waals surface area contributed by atoms with E-state index >= 15 is 0 Å². The lowest BCUT2D eigenvalue weighted by atomic mass is 9.83. The summed E-state index contributed by atoms with van der Waals surface area (Å²) in [5.74, 6) is 0.135. The Morgan fingerprint density at radius 3 is 2.17 bits per heavy atom. The molecule has 0 aromatic rings. The third-order valence-electron chi connectivity index (χ3n) is 4.72. The molecule has 1 fully saturated rings. The molecule has 2 amide bonds. The molecule has 1 rings (SSSR count). The maximum absolute atomic E-state index is 12.0. The van der Waals surface area contributed by atoms with Gasteiger partial charge in [0.05, 0.1) is 4.91 Å². The summed E-state index contributed by atoms with van der Waals surface area (Å²) in [7, 11) is 0. The van der Waals surface area contributed by atoms with Crippen LogP contribution in [-0.2, 0) is 9.59 Å². The Kier molecular flexibility index (Phi) is 9.34. The molecule has 0 spiro atoms. The van der Waals surface area contributed by atoms with Crippen LogP contribution in [0.15, 0.2) is 11.0 Å². The van der Waals surface area contributed by atoms with Gasteiger partial charge < -0.3 is 0 Å². The first-order valence-corrected chi connectivity index (χ1v) is 9.95. The number of nitrogens with one attached hydrogen (secondary N) is 1. The number of amides is 2. The van der Waals surface area contributed by atoms with E-state index in [1.807, 2.05) is 19.9 Å². The molecule has 1 saturated heterocycles. The lowest BCUT2D eigenvalue weighted by molar-refractivity contribution is -0.127. The minimum atomic E-state index is -0.271. The van der Waals surface area contributed by atoms with Gasteiger partial charge in [-0.15, -0.1) is 0 Å². The highest BCUT2D eigenvalue weighted by atomic mass is 32.2. The van der Waals surface area contributed by atoms with Crippen molar-refractivity contribution in [3.05, 3.63) is 11.0 Å². The topological polar surface area (TPSA) is 63.2 Å². The van der Waals surface area contributed by atoms with Crippen molar-refractivity contribution in [1.82, 2.24) is 5.32 Å². The molecule has 1 N–H and O–H groups in total. The molecule has 0 aliphatic carbocycles. The number of hydrogen-bond donors (Lipinski definition) is 1. The first-order chi connectivity index (χ1) is 11.4. The van der Waals surface area contributed by atoms with E-state index in [-0.39, 0.29) is 16.6 Å². The number of thioether (sulfide) groups is 1. The quantitative estimate of drug-likeness (QED) is 0.378. The van der Waals surface area contributed by atoms with Crippen LogP contribution in [0.25, 0.3) is 0 Å². The van der Waals surface area contributed by atoms with Gasteiger partial charge in [-0.05, 0) is 37.4 Å². The fourth-order valence-corrected chi connectivity index (χ4v) is 3.23. The molecule has 1 aliphatic rings. The van der Waals surface area contributed by atoms with Gasteiger partial charge in [0.25, 0.3) is 11.1 Å². The molecular weight excluding hydrogens is 322 g/mol. The van der Waals surface area contributed by atoms with Gasteiger partial charge in [-0.25, -0.2) is 0 Å². The number of Topliss-reactive ketones (excluding diaryl/α,β-unsaturated/α-hetero) is 1. The van der Waals surface area contributed by atoms with E-state index in [4.69, 9.17) is 0 Å². The Labute approximate surface area is 150 Å². The highest BCUT2D eigenvalue weighted by Crippen LogP contribution is 2.25. The number of rotatable bonds is 12. The van der Waals surface area contributed by atoms with Crippen LogP contribution in [0.3, 0.4) is 0 Å². The minimum Gasteiger partial charge on any atom is -0.299 e. The smallest absolute Gasteiger partial charge is 0.290 e. The van der Waals surface area contributed by atoms with Crippen molar-refractivity contribution < 1.29 is 14.4 Å². The van der Waals surface area contributed by atoms with Crippen molar-refractivity contribution in [2.45, 2.75) is 85.0 Å². The van der Waals surface area contributed by atoms with E-state index in [2.05, 4.69) is 12.2 Å². The SMILES string of the molecule is CCC(C)(C)C(=O)CCCCCCCCC/C=C1\SC(=O)NC1=O. The third kappa shape index (κ3) is 7.65. The summed E-state index contributed by atoms with van der Waals surface area (Å²) in [5.41, 5.74) is -0.159. The maximum atomic E-state index is 12.0. The summed E-state index contributed by atoms with van der Waals surface area (Å²) in [5, 5.41) is 1.99. The van der Waals surface area contributed by atoms with Crippen LogP contribution in [0.5, 0.6) is 0 Å². The number of unbranched alkanes of at least 4 members (excludes halogenated alkanes) is 7. The van der Waals surface area contributed by atoms with Gasteiger partial charge in [-0.2, -0.15) is 0 Å². The molecule has 0 radical (unpaired) electrons. The lowest BCUT2D eigenvalue weighted by Crippen LogP contribution is -2.22. The Bertz CT molecular complexity index is 483. The van der Waals surface area contributed by atoms with E-state index in [1.165, 1.54) is 19.3 Å². The summed E-state index contributed by atoms with van der Waals surface area (Å²) < 4.78 is 0. The number of allylic oxidation sites excluding steroid dienone is 1. The van der Waals surface area contributed by atoms with Crippen molar-refractivity contribution >= 4 is 28.7 Å². The van der Waals surface area contributed by atoms with Gasteiger partial charge in [0.2, 0.25) is 0 Å².